The molecule has 122 valence electrons. The van der Waals surface area contributed by atoms with E-state index in [-0.39, 0.29) is 12.1 Å². The molecule has 0 fully saturated rings. The van der Waals surface area contributed by atoms with E-state index >= 15 is 0 Å². The number of H-pyrrole nitrogens is 1. The second kappa shape index (κ2) is 6.78. The maximum absolute atomic E-state index is 11.9. The maximum Gasteiger partial charge on any atom is 0.348 e. The van der Waals surface area contributed by atoms with Crippen molar-refractivity contribution in [1.82, 2.24) is 9.55 Å². The summed E-state index contributed by atoms with van der Waals surface area (Å²) in [4.78, 5) is 43.4. The molecule has 0 radical (unpaired) electrons. The summed E-state index contributed by atoms with van der Waals surface area (Å²) in [7, 11) is -2.76. The van der Waals surface area contributed by atoms with Gasteiger partial charge in [0.05, 0.1) is 12.7 Å². The molecule has 1 aromatic carbocycles. The summed E-state index contributed by atoms with van der Waals surface area (Å²) in [6.07, 6.45) is 2.51. The molecule has 1 aromatic heterocycles. The Morgan fingerprint density at radius 2 is 1.91 bits per heavy atom. The van der Waals surface area contributed by atoms with Crippen molar-refractivity contribution in [2.75, 3.05) is 7.11 Å². The second-order valence-corrected chi connectivity index (χ2v) is 6.13. The zero-order valence-electron chi connectivity index (χ0n) is 12.2. The number of aromatic amines is 1. The number of allylic oxidation sites excluding steroid dienone is 1. The van der Waals surface area contributed by atoms with Gasteiger partial charge in [-0.2, -0.15) is 0 Å². The standard InChI is InChI=1S/C14H15N2O6P/c1-22-11-5-3-10(4-6-11)12-9-16(14(18)15-13(12)17)7-2-8-23(19,20)21/h2-6,8-9H,7H2,1H3,(H,15,17,18)(H2,19,20,21)/b8-2+. The van der Waals surface area contributed by atoms with E-state index in [0.29, 0.717) is 17.1 Å². The van der Waals surface area contributed by atoms with Crippen LogP contribution in [0.15, 0.2) is 51.9 Å². The van der Waals surface area contributed by atoms with E-state index in [4.69, 9.17) is 14.5 Å². The molecule has 0 aliphatic carbocycles. The summed E-state index contributed by atoms with van der Waals surface area (Å²) >= 11 is 0. The molecular weight excluding hydrogens is 323 g/mol. The monoisotopic (exact) mass is 338 g/mol. The summed E-state index contributed by atoms with van der Waals surface area (Å²) in [5, 5.41) is 0. The topological polar surface area (TPSA) is 122 Å². The average molecular weight is 338 g/mol. The van der Waals surface area contributed by atoms with Crippen molar-refractivity contribution < 1.29 is 19.1 Å². The van der Waals surface area contributed by atoms with Crippen LogP contribution in [0.5, 0.6) is 5.75 Å². The van der Waals surface area contributed by atoms with Crippen LogP contribution in [0.2, 0.25) is 0 Å². The molecule has 1 heterocycles. The van der Waals surface area contributed by atoms with Crippen molar-refractivity contribution >= 4 is 7.60 Å². The van der Waals surface area contributed by atoms with Gasteiger partial charge in [-0.1, -0.05) is 18.2 Å². The molecule has 2 aromatic rings. The molecule has 0 amide bonds. The lowest BCUT2D eigenvalue weighted by atomic mass is 10.1. The Morgan fingerprint density at radius 3 is 2.48 bits per heavy atom. The highest BCUT2D eigenvalue weighted by atomic mass is 31.2. The van der Waals surface area contributed by atoms with Crippen molar-refractivity contribution in [3.63, 3.8) is 0 Å². The number of rotatable bonds is 5. The number of benzene rings is 1. The first-order valence-electron chi connectivity index (χ1n) is 6.51. The van der Waals surface area contributed by atoms with Gasteiger partial charge in [0.1, 0.15) is 5.75 Å². The van der Waals surface area contributed by atoms with Crippen molar-refractivity contribution in [2.45, 2.75) is 6.54 Å². The van der Waals surface area contributed by atoms with Gasteiger partial charge in [0, 0.05) is 18.6 Å². The summed E-state index contributed by atoms with van der Waals surface area (Å²) in [6, 6.07) is 6.70. The summed E-state index contributed by atoms with van der Waals surface area (Å²) in [6.45, 7) is -0.0795. The SMILES string of the molecule is COc1ccc(-c2cn(C/C=C/P(=O)(O)O)c(=O)[nH]c2=O)cc1. The Labute approximate surface area is 130 Å². The third-order valence-electron chi connectivity index (χ3n) is 3.01. The van der Waals surface area contributed by atoms with E-state index in [2.05, 4.69) is 4.98 Å². The van der Waals surface area contributed by atoms with Gasteiger partial charge in [-0.25, -0.2) is 4.79 Å². The number of ether oxygens (including phenoxy) is 1. The molecular formula is C14H15N2O6P. The van der Waals surface area contributed by atoms with Crippen molar-refractivity contribution in [3.8, 4) is 16.9 Å². The molecule has 0 unspecified atom stereocenters. The molecule has 2 rings (SSSR count). The van der Waals surface area contributed by atoms with Gasteiger partial charge in [-0.15, -0.1) is 0 Å². The molecule has 0 saturated carbocycles. The van der Waals surface area contributed by atoms with Gasteiger partial charge in [-0.05, 0) is 17.7 Å². The van der Waals surface area contributed by atoms with E-state index in [1.54, 1.807) is 24.3 Å². The first kappa shape index (κ1) is 17.0. The van der Waals surface area contributed by atoms with Crippen molar-refractivity contribution in [3.05, 3.63) is 63.2 Å². The Morgan fingerprint density at radius 1 is 1.26 bits per heavy atom. The molecule has 0 aliphatic heterocycles. The van der Waals surface area contributed by atoms with Crippen LogP contribution in [0.25, 0.3) is 11.1 Å². The van der Waals surface area contributed by atoms with Crippen molar-refractivity contribution in [1.29, 1.82) is 0 Å². The minimum atomic E-state index is -4.29. The predicted octanol–water partition coefficient (Wildman–Crippen LogP) is 0.904. The van der Waals surface area contributed by atoms with E-state index in [0.717, 1.165) is 10.6 Å². The lowest BCUT2D eigenvalue weighted by Gasteiger charge is -2.06. The number of nitrogens with zero attached hydrogens (tertiary/aromatic N) is 1. The van der Waals surface area contributed by atoms with Gasteiger partial charge < -0.3 is 14.5 Å². The Bertz CT molecular complexity index is 875. The predicted molar refractivity (Wildman–Crippen MR) is 84.5 cm³/mol. The zero-order valence-corrected chi connectivity index (χ0v) is 13.1. The van der Waals surface area contributed by atoms with Gasteiger partial charge in [-0.3, -0.25) is 18.9 Å². The third-order valence-corrected chi connectivity index (χ3v) is 3.61. The third kappa shape index (κ3) is 4.53. The minimum Gasteiger partial charge on any atom is -0.497 e. The van der Waals surface area contributed by atoms with Crippen LogP contribution >= 0.6 is 7.60 Å². The zero-order chi connectivity index (χ0) is 17.0. The fourth-order valence-electron chi connectivity index (χ4n) is 1.92. The largest absolute Gasteiger partial charge is 0.497 e. The molecule has 23 heavy (non-hydrogen) atoms. The summed E-state index contributed by atoms with van der Waals surface area (Å²) in [5.74, 6) is 1.33. The Kier molecular flexibility index (Phi) is 5.00. The van der Waals surface area contributed by atoms with Crippen LogP contribution in [0.3, 0.4) is 0 Å². The Balaban J connectivity index is 2.39. The minimum absolute atomic E-state index is 0.0795. The Hall–Kier alpha value is -2.41. The first-order chi connectivity index (χ1) is 10.8. The van der Waals surface area contributed by atoms with Crippen LogP contribution in [-0.2, 0) is 11.1 Å². The smallest absolute Gasteiger partial charge is 0.348 e. The molecule has 3 N–H and O–H groups in total. The molecule has 0 atom stereocenters. The highest BCUT2D eigenvalue weighted by Crippen LogP contribution is 2.35. The molecule has 0 bridgehead atoms. The number of methoxy groups -OCH3 is 1. The fraction of sp³-hybridized carbons (Fsp3) is 0.143. The number of nitrogens with one attached hydrogen (secondary N) is 1. The number of hydrogen-bond acceptors (Lipinski definition) is 4. The van der Waals surface area contributed by atoms with Gasteiger partial charge in [0.15, 0.2) is 0 Å². The average Bonchev–Trinajstić information content (AvgIpc) is 2.48. The highest BCUT2D eigenvalue weighted by Gasteiger charge is 2.08. The number of aromatic nitrogens is 2. The summed E-state index contributed by atoms with van der Waals surface area (Å²) < 4.78 is 16.9. The molecule has 0 saturated heterocycles. The van der Waals surface area contributed by atoms with Crippen LogP contribution in [0, 0.1) is 0 Å². The lowest BCUT2D eigenvalue weighted by molar-refractivity contribution is 0.386. The normalized spacial score (nSPS) is 11.8. The molecule has 8 nitrogen and oxygen atoms in total. The van der Waals surface area contributed by atoms with Crippen LogP contribution in [0.4, 0.5) is 0 Å². The van der Waals surface area contributed by atoms with Crippen LogP contribution < -0.4 is 16.0 Å². The van der Waals surface area contributed by atoms with Gasteiger partial charge >= 0.3 is 13.3 Å². The maximum atomic E-state index is 11.9. The van der Waals surface area contributed by atoms with Gasteiger partial charge in [0.2, 0.25) is 0 Å². The van der Waals surface area contributed by atoms with Gasteiger partial charge in [0.25, 0.3) is 5.56 Å². The molecule has 0 spiro atoms. The summed E-state index contributed by atoms with van der Waals surface area (Å²) in [5.41, 5.74) is -0.366. The first-order valence-corrected chi connectivity index (χ1v) is 8.19. The van der Waals surface area contributed by atoms with E-state index < -0.39 is 18.8 Å². The van der Waals surface area contributed by atoms with Crippen LogP contribution in [0.1, 0.15) is 0 Å². The van der Waals surface area contributed by atoms with E-state index in [1.165, 1.54) is 13.3 Å². The second-order valence-electron chi connectivity index (χ2n) is 4.66. The molecule has 9 heteroatoms. The van der Waals surface area contributed by atoms with Crippen molar-refractivity contribution in [2.24, 2.45) is 0 Å². The molecule has 0 aliphatic rings. The number of hydrogen-bond donors (Lipinski definition) is 3. The quantitative estimate of drug-likeness (QED) is 0.697. The highest BCUT2D eigenvalue weighted by molar-refractivity contribution is 7.55. The van der Waals surface area contributed by atoms with Crippen LogP contribution in [-0.4, -0.2) is 26.4 Å². The van der Waals surface area contributed by atoms with E-state index in [1.807, 2.05) is 0 Å². The fourth-order valence-corrected chi connectivity index (χ4v) is 2.29. The lowest BCUT2D eigenvalue weighted by Crippen LogP contribution is -2.30. The van der Waals surface area contributed by atoms with E-state index in [9.17, 15) is 14.2 Å².